The fourth-order valence-corrected chi connectivity index (χ4v) is 3.40. The van der Waals surface area contributed by atoms with Crippen LogP contribution < -0.4 is 4.74 Å². The number of nitrogens with zero attached hydrogens (tertiary/aromatic N) is 1. The van der Waals surface area contributed by atoms with E-state index in [1.165, 1.54) is 6.07 Å². The van der Waals surface area contributed by atoms with Crippen molar-refractivity contribution in [3.05, 3.63) is 29.3 Å². The van der Waals surface area contributed by atoms with E-state index in [0.717, 1.165) is 30.4 Å². The van der Waals surface area contributed by atoms with Crippen LogP contribution in [0.15, 0.2) is 18.2 Å². The lowest BCUT2D eigenvalue weighted by atomic mass is 9.34. The molecule has 2 heterocycles. The van der Waals surface area contributed by atoms with Gasteiger partial charge in [-0.1, -0.05) is 19.3 Å². The Morgan fingerprint density at radius 3 is 2.80 bits per heavy atom. The molecule has 6 heteroatoms. The first-order valence-corrected chi connectivity index (χ1v) is 6.67. The van der Waals surface area contributed by atoms with Crippen LogP contribution in [0.5, 0.6) is 5.75 Å². The molecule has 2 nitrogen and oxygen atoms in total. The first-order valence-electron chi connectivity index (χ1n) is 6.67. The molecular weight excluding hydrogens is 266 g/mol. The lowest BCUT2D eigenvalue weighted by Crippen LogP contribution is -2.39. The molecule has 3 atom stereocenters. The van der Waals surface area contributed by atoms with Gasteiger partial charge in [0.15, 0.2) is 0 Å². The summed E-state index contributed by atoms with van der Waals surface area (Å²) >= 11 is 0. The first kappa shape index (κ1) is 13.4. The Hall–Kier alpha value is -1.64. The zero-order chi connectivity index (χ0) is 14.5. The molecule has 2 unspecified atom stereocenters. The molecule has 2 aliphatic rings. The van der Waals surface area contributed by atoms with Crippen molar-refractivity contribution >= 4 is 6.71 Å². The van der Waals surface area contributed by atoms with E-state index in [1.807, 2.05) is 6.92 Å². The Labute approximate surface area is 115 Å². The van der Waals surface area contributed by atoms with Gasteiger partial charge in [-0.25, -0.2) is 5.26 Å². The number of nitriles is 1. The molecule has 0 aromatic heterocycles. The van der Waals surface area contributed by atoms with Crippen LogP contribution in [0.3, 0.4) is 0 Å². The largest absolute Gasteiger partial charge is 0.490 e. The summed E-state index contributed by atoms with van der Waals surface area (Å²) in [6.07, 6.45) is -2.96. The molecule has 1 aromatic rings. The Kier molecular flexibility index (Phi) is 2.96. The van der Waals surface area contributed by atoms with Gasteiger partial charge in [-0.15, -0.1) is 0 Å². The van der Waals surface area contributed by atoms with Crippen molar-refractivity contribution in [2.75, 3.05) is 0 Å². The van der Waals surface area contributed by atoms with Gasteiger partial charge >= 0.3 is 6.18 Å². The number of hydrogen-bond donors (Lipinski definition) is 0. The van der Waals surface area contributed by atoms with Gasteiger partial charge in [0.1, 0.15) is 11.9 Å². The second-order valence-electron chi connectivity index (χ2n) is 5.74. The zero-order valence-electron chi connectivity index (χ0n) is 10.9. The minimum absolute atomic E-state index is 0.0894. The van der Waals surface area contributed by atoms with Gasteiger partial charge in [-0.3, -0.25) is 0 Å². The average Bonchev–Trinajstić information content (AvgIpc) is 2.73. The molecule has 1 fully saturated rings. The number of fused-ring (bicyclic) bond motifs is 3. The van der Waals surface area contributed by atoms with Crippen molar-refractivity contribution < 1.29 is 17.9 Å². The van der Waals surface area contributed by atoms with Crippen molar-refractivity contribution in [2.45, 2.75) is 37.8 Å². The van der Waals surface area contributed by atoms with E-state index in [9.17, 15) is 18.4 Å². The van der Waals surface area contributed by atoms with Crippen LogP contribution in [0.25, 0.3) is 0 Å². The van der Waals surface area contributed by atoms with Crippen LogP contribution in [0, 0.1) is 17.1 Å². The van der Waals surface area contributed by atoms with Gasteiger partial charge in [0, 0.05) is 11.8 Å². The van der Waals surface area contributed by atoms with E-state index in [2.05, 4.69) is 5.97 Å². The monoisotopic (exact) mass is 279 g/mol. The number of hydrogen-bond acceptors (Lipinski definition) is 2. The summed E-state index contributed by atoms with van der Waals surface area (Å²) in [7, 11) is 0. The Morgan fingerprint density at radius 2 is 2.15 bits per heavy atom. The number of rotatable bonds is 0. The van der Waals surface area contributed by atoms with Gasteiger partial charge in [0.2, 0.25) is 0 Å². The second-order valence-corrected chi connectivity index (χ2v) is 5.74. The maximum Gasteiger partial charge on any atom is 0.416 e. The fraction of sp³-hybridized carbons (Fsp3) is 0.500. The van der Waals surface area contributed by atoms with Crippen molar-refractivity contribution in [2.24, 2.45) is 5.92 Å². The normalized spacial score (nSPS) is 28.4. The number of ether oxygens (including phenoxy) is 1. The van der Waals surface area contributed by atoms with Crippen LogP contribution in [0.4, 0.5) is 13.2 Å². The molecule has 20 heavy (non-hydrogen) atoms. The topological polar surface area (TPSA) is 33.0 Å². The molecule has 1 saturated heterocycles. The van der Waals surface area contributed by atoms with Crippen molar-refractivity contribution in [3.8, 4) is 11.7 Å². The molecule has 0 N–H and O–H groups in total. The third kappa shape index (κ3) is 2.05. The van der Waals surface area contributed by atoms with E-state index < -0.39 is 11.7 Å². The molecule has 0 spiro atoms. The van der Waals surface area contributed by atoms with Gasteiger partial charge in [-0.2, -0.15) is 13.2 Å². The van der Waals surface area contributed by atoms with E-state index in [0.29, 0.717) is 11.7 Å². The third-order valence-electron chi connectivity index (χ3n) is 4.27. The Bertz CT molecular complexity index is 581. The number of alkyl halides is 3. The summed E-state index contributed by atoms with van der Waals surface area (Å²) in [6.45, 7) is 1.87. The van der Waals surface area contributed by atoms with Crippen LogP contribution in [0.1, 0.15) is 30.3 Å². The quantitative estimate of drug-likeness (QED) is 0.678. The summed E-state index contributed by atoms with van der Waals surface area (Å²) in [4.78, 5) is 0. The smallest absolute Gasteiger partial charge is 0.416 e. The molecule has 0 saturated carbocycles. The number of benzene rings is 1. The van der Waals surface area contributed by atoms with E-state index >= 15 is 0 Å². The van der Waals surface area contributed by atoms with E-state index in [-0.39, 0.29) is 18.6 Å². The van der Waals surface area contributed by atoms with Gasteiger partial charge in [-0.05, 0) is 30.0 Å². The van der Waals surface area contributed by atoms with Gasteiger partial charge in [0.05, 0.1) is 5.56 Å². The third-order valence-corrected chi connectivity index (χ3v) is 4.27. The van der Waals surface area contributed by atoms with Crippen molar-refractivity contribution in [1.29, 1.82) is 5.26 Å². The molecule has 1 aromatic carbocycles. The molecule has 104 valence electrons. The average molecular weight is 279 g/mol. The lowest BCUT2D eigenvalue weighted by molar-refractivity contribution is -0.137. The predicted octanol–water partition coefficient (Wildman–Crippen LogP) is 3.69. The molecule has 0 radical (unpaired) electrons. The van der Waals surface area contributed by atoms with E-state index in [1.54, 1.807) is 0 Å². The SMILES string of the molecule is CC1CB(C#N)[C@H]2c3ccc(C(F)(F)F)cc3OC2C1. The highest BCUT2D eigenvalue weighted by atomic mass is 19.4. The highest BCUT2D eigenvalue weighted by Crippen LogP contribution is 2.48. The van der Waals surface area contributed by atoms with Gasteiger partial charge in [0.25, 0.3) is 6.71 Å². The second kappa shape index (κ2) is 4.44. The van der Waals surface area contributed by atoms with Crippen molar-refractivity contribution in [1.82, 2.24) is 0 Å². The minimum atomic E-state index is -4.37. The lowest BCUT2D eigenvalue weighted by Gasteiger charge is -2.30. The molecule has 0 amide bonds. The maximum absolute atomic E-state index is 12.7. The maximum atomic E-state index is 12.7. The standard InChI is InChI=1S/C14H13BF3NO/c1-8-4-12-13(15(6-8)7-19)10-3-2-9(14(16,17)18)5-11(10)20-12/h2-3,5,8,12-13H,4,6H2,1H3/t8?,12?,13-/m0/s1. The van der Waals surface area contributed by atoms with Crippen LogP contribution >= 0.6 is 0 Å². The van der Waals surface area contributed by atoms with Crippen LogP contribution in [0.2, 0.25) is 6.32 Å². The predicted molar refractivity (Wildman–Crippen MR) is 68.6 cm³/mol. The van der Waals surface area contributed by atoms with Gasteiger partial charge < -0.3 is 4.74 Å². The molecule has 3 rings (SSSR count). The highest BCUT2D eigenvalue weighted by Gasteiger charge is 2.47. The summed E-state index contributed by atoms with van der Waals surface area (Å²) < 4.78 is 43.9. The molecule has 0 bridgehead atoms. The van der Waals surface area contributed by atoms with Crippen LogP contribution in [-0.2, 0) is 6.18 Å². The zero-order valence-corrected chi connectivity index (χ0v) is 10.9. The molecule has 0 aliphatic carbocycles. The summed E-state index contributed by atoms with van der Waals surface area (Å²) in [6, 6.07) is 3.62. The van der Waals surface area contributed by atoms with E-state index in [4.69, 9.17) is 4.74 Å². The summed E-state index contributed by atoms with van der Waals surface area (Å²) in [5.41, 5.74) is 0.0536. The number of halogens is 3. The highest BCUT2D eigenvalue weighted by molar-refractivity contribution is 6.69. The molecular formula is C14H13BF3NO. The summed E-state index contributed by atoms with van der Waals surface area (Å²) in [5.74, 6) is 2.85. The minimum Gasteiger partial charge on any atom is -0.490 e. The Morgan fingerprint density at radius 1 is 1.40 bits per heavy atom. The fourth-order valence-electron chi connectivity index (χ4n) is 3.40. The Balaban J connectivity index is 1.99. The first-order chi connectivity index (χ1) is 9.40. The van der Waals surface area contributed by atoms with Crippen LogP contribution in [-0.4, -0.2) is 12.8 Å². The summed E-state index contributed by atoms with van der Waals surface area (Å²) in [5, 5.41) is 9.28. The van der Waals surface area contributed by atoms with Crippen molar-refractivity contribution in [3.63, 3.8) is 0 Å². The molecule has 2 aliphatic heterocycles.